The maximum atomic E-state index is 11.7. The molecule has 0 aliphatic heterocycles. The van der Waals surface area contributed by atoms with Gasteiger partial charge in [0.15, 0.2) is 5.82 Å². The summed E-state index contributed by atoms with van der Waals surface area (Å²) in [4.78, 5) is 24.9. The maximum absolute atomic E-state index is 11.7. The van der Waals surface area contributed by atoms with Gasteiger partial charge in [-0.3, -0.25) is 19.4 Å². The minimum absolute atomic E-state index is 0.393. The van der Waals surface area contributed by atoms with Gasteiger partial charge in [-0.25, -0.2) is 4.79 Å². The van der Waals surface area contributed by atoms with Gasteiger partial charge in [-0.05, 0) is 25.7 Å². The number of nitrogens with one attached hydrogen (secondary N) is 2. The lowest BCUT2D eigenvalue weighted by Gasteiger charge is -2.11. The van der Waals surface area contributed by atoms with Crippen LogP contribution in [0.4, 0.5) is 0 Å². The van der Waals surface area contributed by atoms with Crippen molar-refractivity contribution >= 4 is 0 Å². The molecule has 2 aromatic rings. The minimum atomic E-state index is -0.447. The zero-order valence-corrected chi connectivity index (χ0v) is 9.19. The summed E-state index contributed by atoms with van der Waals surface area (Å²) in [5, 5.41) is 7.14. The predicted octanol–water partition coefficient (Wildman–Crippen LogP) is 0.128. The molecule has 6 heteroatoms. The van der Waals surface area contributed by atoms with Crippen LogP contribution in [-0.2, 0) is 12.8 Å². The summed E-state index contributed by atoms with van der Waals surface area (Å²) in [7, 11) is 0. The number of nitrogens with zero attached hydrogens (tertiary/aromatic N) is 2. The van der Waals surface area contributed by atoms with Crippen LogP contribution >= 0.6 is 0 Å². The summed E-state index contributed by atoms with van der Waals surface area (Å²) < 4.78 is 1.38. The Bertz CT molecular complexity index is 665. The van der Waals surface area contributed by atoms with Gasteiger partial charge in [0, 0.05) is 23.5 Å². The summed E-state index contributed by atoms with van der Waals surface area (Å²) in [6, 6.07) is 1.32. The molecule has 0 bridgehead atoms. The van der Waals surface area contributed by atoms with Crippen LogP contribution < -0.4 is 11.2 Å². The van der Waals surface area contributed by atoms with E-state index in [1.54, 1.807) is 0 Å². The molecule has 1 aliphatic rings. The van der Waals surface area contributed by atoms with Crippen molar-refractivity contribution in [3.63, 3.8) is 0 Å². The average Bonchev–Trinajstić information content (AvgIpc) is 2.73. The van der Waals surface area contributed by atoms with Crippen LogP contribution in [0.5, 0.6) is 0 Å². The van der Waals surface area contributed by atoms with Crippen molar-refractivity contribution in [3.05, 3.63) is 44.4 Å². The van der Waals surface area contributed by atoms with Gasteiger partial charge >= 0.3 is 5.69 Å². The van der Waals surface area contributed by atoms with E-state index in [-0.39, 0.29) is 0 Å². The highest BCUT2D eigenvalue weighted by Crippen LogP contribution is 2.23. The van der Waals surface area contributed by atoms with E-state index in [4.69, 9.17) is 0 Å². The average molecular weight is 232 g/mol. The zero-order chi connectivity index (χ0) is 11.8. The first kappa shape index (κ1) is 10.1. The number of rotatable bonds is 1. The Balaban J connectivity index is 2.19. The van der Waals surface area contributed by atoms with E-state index < -0.39 is 11.2 Å². The Kier molecular flexibility index (Phi) is 2.21. The van der Waals surface area contributed by atoms with E-state index in [2.05, 4.69) is 15.2 Å². The van der Waals surface area contributed by atoms with Gasteiger partial charge < -0.3 is 0 Å². The third-order valence-corrected chi connectivity index (χ3v) is 3.09. The molecule has 88 valence electrons. The molecule has 17 heavy (non-hydrogen) atoms. The fraction of sp³-hybridized carbons (Fsp3) is 0.364. The summed E-state index contributed by atoms with van der Waals surface area (Å²) in [6.07, 6.45) is 5.62. The van der Waals surface area contributed by atoms with Crippen LogP contribution in [0.2, 0.25) is 0 Å². The Morgan fingerprint density at radius 2 is 2.06 bits per heavy atom. The van der Waals surface area contributed by atoms with E-state index in [0.29, 0.717) is 5.82 Å². The summed E-state index contributed by atoms with van der Waals surface area (Å²) >= 11 is 0. The van der Waals surface area contributed by atoms with Crippen LogP contribution in [0.1, 0.15) is 24.1 Å². The standard InChI is InChI=1S/C11H12N4O2/c16-9-5-6-15(11(17)12-9)10-7-3-1-2-4-8(7)13-14-10/h5-6H,1-4H2,(H,13,14)(H,12,16,17). The molecule has 2 heterocycles. The molecule has 0 saturated heterocycles. The first-order chi connectivity index (χ1) is 8.25. The van der Waals surface area contributed by atoms with E-state index in [9.17, 15) is 9.59 Å². The molecule has 6 nitrogen and oxygen atoms in total. The molecule has 2 N–H and O–H groups in total. The third-order valence-electron chi connectivity index (χ3n) is 3.09. The SMILES string of the molecule is O=c1ccn(-c2n[nH]c3c2CCCC3)c(=O)[nH]1. The molecule has 1 aliphatic carbocycles. The number of hydrogen-bond donors (Lipinski definition) is 2. The molecular formula is C11H12N4O2. The van der Waals surface area contributed by atoms with Crippen LogP contribution in [0, 0.1) is 0 Å². The van der Waals surface area contributed by atoms with Crippen molar-refractivity contribution in [1.29, 1.82) is 0 Å². The Morgan fingerprint density at radius 1 is 1.24 bits per heavy atom. The Hall–Kier alpha value is -2.11. The topological polar surface area (TPSA) is 83.5 Å². The number of aromatic amines is 2. The lowest BCUT2D eigenvalue weighted by molar-refractivity contribution is 0.672. The van der Waals surface area contributed by atoms with Gasteiger partial charge in [0.25, 0.3) is 5.56 Å². The normalized spacial score (nSPS) is 14.6. The lowest BCUT2D eigenvalue weighted by Crippen LogP contribution is -2.28. The Morgan fingerprint density at radius 3 is 2.88 bits per heavy atom. The molecule has 0 saturated carbocycles. The van der Waals surface area contributed by atoms with Crippen molar-refractivity contribution in [2.75, 3.05) is 0 Å². The molecule has 0 unspecified atom stereocenters. The number of fused-ring (bicyclic) bond motifs is 1. The highest BCUT2D eigenvalue weighted by atomic mass is 16.2. The second kappa shape index (κ2) is 3.73. The molecule has 0 atom stereocenters. The fourth-order valence-electron chi connectivity index (χ4n) is 2.25. The van der Waals surface area contributed by atoms with Crippen LogP contribution in [0.15, 0.2) is 21.9 Å². The third kappa shape index (κ3) is 1.61. The van der Waals surface area contributed by atoms with E-state index >= 15 is 0 Å². The van der Waals surface area contributed by atoms with Gasteiger partial charge in [-0.15, -0.1) is 0 Å². The highest BCUT2D eigenvalue weighted by Gasteiger charge is 2.18. The van der Waals surface area contributed by atoms with Crippen molar-refractivity contribution in [3.8, 4) is 5.82 Å². The molecule has 0 spiro atoms. The van der Waals surface area contributed by atoms with Crippen molar-refractivity contribution < 1.29 is 0 Å². The molecular weight excluding hydrogens is 220 g/mol. The quantitative estimate of drug-likeness (QED) is 0.733. The second-order valence-electron chi connectivity index (χ2n) is 4.19. The minimum Gasteiger partial charge on any atom is -0.280 e. The van der Waals surface area contributed by atoms with Gasteiger partial charge in [-0.1, -0.05) is 0 Å². The monoisotopic (exact) mass is 232 g/mol. The Labute approximate surface area is 96.3 Å². The van der Waals surface area contributed by atoms with Crippen molar-refractivity contribution in [1.82, 2.24) is 19.7 Å². The highest BCUT2D eigenvalue weighted by molar-refractivity contribution is 5.38. The molecule has 3 rings (SSSR count). The smallest absolute Gasteiger partial charge is 0.280 e. The van der Waals surface area contributed by atoms with Crippen LogP contribution in [0.3, 0.4) is 0 Å². The maximum Gasteiger partial charge on any atom is 0.334 e. The van der Waals surface area contributed by atoms with Gasteiger partial charge in [-0.2, -0.15) is 5.10 Å². The van der Waals surface area contributed by atoms with Crippen LogP contribution in [0.25, 0.3) is 5.82 Å². The zero-order valence-electron chi connectivity index (χ0n) is 9.19. The van der Waals surface area contributed by atoms with E-state index in [0.717, 1.165) is 36.9 Å². The van der Waals surface area contributed by atoms with Crippen molar-refractivity contribution in [2.24, 2.45) is 0 Å². The summed E-state index contributed by atoms with van der Waals surface area (Å²) in [5.41, 5.74) is 1.35. The molecule has 2 aromatic heterocycles. The largest absolute Gasteiger partial charge is 0.334 e. The number of aromatic nitrogens is 4. The van der Waals surface area contributed by atoms with Gasteiger partial charge in [0.2, 0.25) is 0 Å². The number of H-pyrrole nitrogens is 2. The molecule has 0 aromatic carbocycles. The molecule has 0 radical (unpaired) electrons. The number of aryl methyl sites for hydroxylation is 1. The van der Waals surface area contributed by atoms with Gasteiger partial charge in [0.1, 0.15) is 0 Å². The number of hydrogen-bond acceptors (Lipinski definition) is 3. The summed E-state index contributed by atoms with van der Waals surface area (Å²) in [5.74, 6) is 0.612. The van der Waals surface area contributed by atoms with E-state index in [1.165, 1.54) is 16.8 Å². The van der Waals surface area contributed by atoms with Crippen molar-refractivity contribution in [2.45, 2.75) is 25.7 Å². The summed E-state index contributed by atoms with van der Waals surface area (Å²) in [6.45, 7) is 0. The lowest BCUT2D eigenvalue weighted by atomic mass is 9.97. The first-order valence-corrected chi connectivity index (χ1v) is 5.64. The van der Waals surface area contributed by atoms with Crippen LogP contribution in [-0.4, -0.2) is 19.7 Å². The van der Waals surface area contributed by atoms with E-state index in [1.807, 2.05) is 0 Å². The first-order valence-electron chi connectivity index (χ1n) is 5.64. The molecule has 0 amide bonds. The fourth-order valence-corrected chi connectivity index (χ4v) is 2.25. The second-order valence-corrected chi connectivity index (χ2v) is 4.19. The predicted molar refractivity (Wildman–Crippen MR) is 61.4 cm³/mol. The van der Waals surface area contributed by atoms with Gasteiger partial charge in [0.05, 0.1) is 0 Å². The molecule has 0 fully saturated rings.